The standard InChI is InChI=1S/C15H24N2OS2/c1-4-7-16-14(15-11(2)19-9-10-20-15)13-12(18-3)6-5-8-17-13/h5-6,8,11,14-16H,4,7,9-10H2,1-3H3. The number of hydrogen-bond acceptors (Lipinski definition) is 5. The molecule has 0 aliphatic carbocycles. The van der Waals surface area contributed by atoms with E-state index in [0.717, 1.165) is 24.4 Å². The minimum atomic E-state index is 0.263. The lowest BCUT2D eigenvalue weighted by atomic mass is 10.1. The highest BCUT2D eigenvalue weighted by molar-refractivity contribution is 8.07. The second-order valence-electron chi connectivity index (χ2n) is 4.93. The number of ether oxygens (including phenoxy) is 1. The largest absolute Gasteiger partial charge is 0.495 e. The highest BCUT2D eigenvalue weighted by Crippen LogP contribution is 2.40. The van der Waals surface area contributed by atoms with Crippen molar-refractivity contribution in [2.75, 3.05) is 25.2 Å². The van der Waals surface area contributed by atoms with Gasteiger partial charge in [0.25, 0.3) is 0 Å². The number of nitrogens with one attached hydrogen (secondary N) is 1. The lowest BCUT2D eigenvalue weighted by Crippen LogP contribution is -2.38. The number of thioether (sulfide) groups is 2. The lowest BCUT2D eigenvalue weighted by molar-refractivity contribution is 0.391. The van der Waals surface area contributed by atoms with Gasteiger partial charge in [-0.15, -0.1) is 0 Å². The minimum absolute atomic E-state index is 0.263. The summed E-state index contributed by atoms with van der Waals surface area (Å²) in [7, 11) is 1.73. The van der Waals surface area contributed by atoms with Gasteiger partial charge in [0.05, 0.1) is 13.2 Å². The summed E-state index contributed by atoms with van der Waals surface area (Å²) in [6.45, 7) is 5.54. The van der Waals surface area contributed by atoms with Gasteiger partial charge in [-0.25, -0.2) is 0 Å². The fourth-order valence-corrected chi connectivity index (χ4v) is 5.41. The monoisotopic (exact) mass is 312 g/mol. The molecule has 1 aliphatic heterocycles. The Morgan fingerprint density at radius 2 is 2.25 bits per heavy atom. The minimum Gasteiger partial charge on any atom is -0.495 e. The maximum atomic E-state index is 5.51. The molecule has 1 fully saturated rings. The average molecular weight is 313 g/mol. The van der Waals surface area contributed by atoms with Gasteiger partial charge in [-0.2, -0.15) is 23.5 Å². The molecular formula is C15H24N2OS2. The molecule has 112 valence electrons. The van der Waals surface area contributed by atoms with Crippen molar-refractivity contribution in [2.24, 2.45) is 0 Å². The third-order valence-corrected chi connectivity index (χ3v) is 6.69. The van der Waals surface area contributed by atoms with E-state index in [2.05, 4.69) is 47.7 Å². The number of rotatable bonds is 6. The molecule has 0 aromatic carbocycles. The summed E-state index contributed by atoms with van der Waals surface area (Å²) in [5.74, 6) is 3.37. The smallest absolute Gasteiger partial charge is 0.142 e. The summed E-state index contributed by atoms with van der Waals surface area (Å²) >= 11 is 4.13. The van der Waals surface area contributed by atoms with Crippen LogP contribution < -0.4 is 10.1 Å². The van der Waals surface area contributed by atoms with E-state index >= 15 is 0 Å². The molecule has 3 nitrogen and oxygen atoms in total. The summed E-state index contributed by atoms with van der Waals surface area (Å²) < 4.78 is 5.51. The molecule has 0 spiro atoms. The number of pyridine rings is 1. The Hall–Kier alpha value is -0.390. The van der Waals surface area contributed by atoms with Crippen molar-refractivity contribution in [1.29, 1.82) is 0 Å². The van der Waals surface area contributed by atoms with Crippen molar-refractivity contribution in [3.05, 3.63) is 24.0 Å². The van der Waals surface area contributed by atoms with Crippen LogP contribution in [0.4, 0.5) is 0 Å². The molecule has 2 rings (SSSR count). The fraction of sp³-hybridized carbons (Fsp3) is 0.667. The molecule has 2 heterocycles. The highest BCUT2D eigenvalue weighted by atomic mass is 32.2. The van der Waals surface area contributed by atoms with Crippen LogP contribution in [0.25, 0.3) is 0 Å². The van der Waals surface area contributed by atoms with E-state index in [0.29, 0.717) is 10.5 Å². The van der Waals surface area contributed by atoms with E-state index in [1.807, 2.05) is 18.3 Å². The molecule has 1 N–H and O–H groups in total. The Labute approximate surface area is 130 Å². The van der Waals surface area contributed by atoms with Crippen LogP contribution in [-0.2, 0) is 0 Å². The highest BCUT2D eigenvalue weighted by Gasteiger charge is 2.33. The molecule has 0 amide bonds. The normalized spacial score (nSPS) is 24.4. The van der Waals surface area contributed by atoms with Crippen LogP contribution in [0.2, 0.25) is 0 Å². The summed E-state index contributed by atoms with van der Waals surface area (Å²) in [6, 6.07) is 4.21. The molecule has 3 atom stereocenters. The van der Waals surface area contributed by atoms with Gasteiger partial charge in [-0.1, -0.05) is 13.8 Å². The molecule has 1 aromatic rings. The molecule has 5 heteroatoms. The number of methoxy groups -OCH3 is 1. The predicted octanol–water partition coefficient (Wildman–Crippen LogP) is 3.37. The Morgan fingerprint density at radius 1 is 1.45 bits per heavy atom. The molecule has 0 bridgehead atoms. The quantitative estimate of drug-likeness (QED) is 0.871. The number of nitrogens with zero attached hydrogens (tertiary/aromatic N) is 1. The van der Waals surface area contributed by atoms with E-state index in [1.165, 1.54) is 11.5 Å². The van der Waals surface area contributed by atoms with Crippen molar-refractivity contribution >= 4 is 23.5 Å². The van der Waals surface area contributed by atoms with E-state index in [9.17, 15) is 0 Å². The first-order valence-corrected chi connectivity index (χ1v) is 9.33. The van der Waals surface area contributed by atoms with Crippen LogP contribution in [0.15, 0.2) is 18.3 Å². The van der Waals surface area contributed by atoms with Gasteiger partial charge in [0, 0.05) is 28.2 Å². The number of hydrogen-bond donors (Lipinski definition) is 1. The van der Waals surface area contributed by atoms with Gasteiger partial charge in [-0.05, 0) is 25.1 Å². The molecule has 20 heavy (non-hydrogen) atoms. The zero-order chi connectivity index (χ0) is 14.4. The van der Waals surface area contributed by atoms with Gasteiger partial charge in [0.1, 0.15) is 11.4 Å². The van der Waals surface area contributed by atoms with E-state index in [4.69, 9.17) is 4.74 Å². The first-order chi connectivity index (χ1) is 9.77. The maximum Gasteiger partial charge on any atom is 0.142 e. The van der Waals surface area contributed by atoms with Crippen LogP contribution in [-0.4, -0.2) is 40.6 Å². The van der Waals surface area contributed by atoms with Crippen molar-refractivity contribution in [1.82, 2.24) is 10.3 Å². The Kier molecular flexibility index (Phi) is 6.52. The van der Waals surface area contributed by atoms with Gasteiger partial charge in [-0.3, -0.25) is 4.98 Å². The number of aromatic nitrogens is 1. The SMILES string of the molecule is CCCNC(c1ncccc1OC)C1SCCSC1C. The van der Waals surface area contributed by atoms with E-state index in [-0.39, 0.29) is 6.04 Å². The van der Waals surface area contributed by atoms with Gasteiger partial charge in [0.15, 0.2) is 0 Å². The van der Waals surface area contributed by atoms with Crippen molar-refractivity contribution in [3.8, 4) is 5.75 Å². The van der Waals surface area contributed by atoms with Gasteiger partial charge < -0.3 is 10.1 Å². The van der Waals surface area contributed by atoms with Crippen LogP contribution in [0, 0.1) is 0 Å². The second kappa shape index (κ2) is 8.15. The Balaban J connectivity index is 2.25. The van der Waals surface area contributed by atoms with Gasteiger partial charge >= 0.3 is 0 Å². The fourth-order valence-electron chi connectivity index (χ4n) is 2.49. The molecule has 1 saturated heterocycles. The zero-order valence-electron chi connectivity index (χ0n) is 12.5. The van der Waals surface area contributed by atoms with E-state index < -0.39 is 0 Å². The first kappa shape index (κ1) is 16.0. The topological polar surface area (TPSA) is 34.2 Å². The van der Waals surface area contributed by atoms with Crippen LogP contribution >= 0.6 is 23.5 Å². The first-order valence-electron chi connectivity index (χ1n) is 7.23. The van der Waals surface area contributed by atoms with Crippen molar-refractivity contribution < 1.29 is 4.74 Å². The third-order valence-electron chi connectivity index (χ3n) is 3.49. The van der Waals surface area contributed by atoms with Crippen molar-refractivity contribution in [2.45, 2.75) is 36.8 Å². The molecule has 3 unspecified atom stereocenters. The molecular weight excluding hydrogens is 288 g/mol. The zero-order valence-corrected chi connectivity index (χ0v) is 14.1. The summed E-state index contributed by atoms with van der Waals surface area (Å²) in [5.41, 5.74) is 1.05. The summed E-state index contributed by atoms with van der Waals surface area (Å²) in [6.07, 6.45) is 2.99. The van der Waals surface area contributed by atoms with Crippen LogP contribution in [0.5, 0.6) is 5.75 Å². The molecule has 1 aromatic heterocycles. The summed E-state index contributed by atoms with van der Waals surface area (Å²) in [4.78, 5) is 4.60. The Bertz CT molecular complexity index is 417. The molecule has 0 saturated carbocycles. The van der Waals surface area contributed by atoms with Gasteiger partial charge in [0.2, 0.25) is 0 Å². The van der Waals surface area contributed by atoms with Crippen LogP contribution in [0.1, 0.15) is 32.0 Å². The predicted molar refractivity (Wildman–Crippen MR) is 90.0 cm³/mol. The molecule has 1 aliphatic rings. The van der Waals surface area contributed by atoms with Crippen LogP contribution in [0.3, 0.4) is 0 Å². The van der Waals surface area contributed by atoms with Crippen molar-refractivity contribution in [3.63, 3.8) is 0 Å². The lowest BCUT2D eigenvalue weighted by Gasteiger charge is -2.35. The summed E-state index contributed by atoms with van der Waals surface area (Å²) in [5, 5.41) is 4.86. The average Bonchev–Trinajstić information content (AvgIpc) is 2.49. The molecule has 0 radical (unpaired) electrons. The third kappa shape index (κ3) is 3.83. The Morgan fingerprint density at radius 3 is 2.95 bits per heavy atom. The van der Waals surface area contributed by atoms with E-state index in [1.54, 1.807) is 7.11 Å². The maximum absolute atomic E-state index is 5.51. The second-order valence-corrected chi connectivity index (χ2v) is 7.71.